The summed E-state index contributed by atoms with van der Waals surface area (Å²) in [6.07, 6.45) is 1.81. The van der Waals surface area contributed by atoms with Gasteiger partial charge in [-0.3, -0.25) is 4.79 Å². The molecule has 3 rings (SSSR count). The van der Waals surface area contributed by atoms with E-state index in [1.54, 1.807) is 24.3 Å². The van der Waals surface area contributed by atoms with Crippen LogP contribution in [0.1, 0.15) is 47.3 Å². The normalized spacial score (nSPS) is 20.8. The number of amides is 1. The third-order valence-electron chi connectivity index (χ3n) is 4.42. The summed E-state index contributed by atoms with van der Waals surface area (Å²) < 4.78 is 0. The fourth-order valence-corrected chi connectivity index (χ4v) is 3.46. The zero-order valence-corrected chi connectivity index (χ0v) is 14.4. The predicted molar refractivity (Wildman–Crippen MR) is 90.6 cm³/mol. The second-order valence-electron chi connectivity index (χ2n) is 6.32. The molecule has 1 aromatic carbocycles. The van der Waals surface area contributed by atoms with Gasteiger partial charge in [0.2, 0.25) is 0 Å². The molecule has 0 N–H and O–H groups in total. The molecule has 1 amide bonds. The Bertz CT molecular complexity index is 741. The quantitative estimate of drug-likeness (QED) is 0.839. The highest BCUT2D eigenvalue weighted by molar-refractivity contribution is 6.30. The highest BCUT2D eigenvalue weighted by Crippen LogP contribution is 2.38. The van der Waals surface area contributed by atoms with Crippen molar-refractivity contribution in [3.05, 3.63) is 58.1 Å². The maximum Gasteiger partial charge on any atom is 0.254 e. The molecule has 1 atom stereocenters. The molecule has 0 unspecified atom stereocenters. The first-order chi connectivity index (χ1) is 10.9. The topological polar surface area (TPSA) is 46.1 Å². The molecule has 120 valence electrons. The van der Waals surface area contributed by atoms with Crippen LogP contribution in [0.2, 0.25) is 5.02 Å². The SMILES string of the molecule is Cc1cc(C)nc([C@@]2(C)CCCN2C(=O)c2cccc(Cl)c2)n1. The smallest absolute Gasteiger partial charge is 0.254 e. The van der Waals surface area contributed by atoms with Crippen LogP contribution < -0.4 is 0 Å². The number of aromatic nitrogens is 2. The lowest BCUT2D eigenvalue weighted by Crippen LogP contribution is -2.44. The number of hydrogen-bond acceptors (Lipinski definition) is 3. The summed E-state index contributed by atoms with van der Waals surface area (Å²) in [6, 6.07) is 9.04. The Morgan fingerprint density at radius 1 is 1.22 bits per heavy atom. The van der Waals surface area contributed by atoms with Crippen molar-refractivity contribution in [1.29, 1.82) is 0 Å². The molecule has 0 bridgehead atoms. The molecular weight excluding hydrogens is 310 g/mol. The van der Waals surface area contributed by atoms with E-state index in [0.29, 0.717) is 17.1 Å². The van der Waals surface area contributed by atoms with E-state index in [1.807, 2.05) is 24.8 Å². The van der Waals surface area contributed by atoms with Gasteiger partial charge in [-0.05, 0) is 57.9 Å². The number of rotatable bonds is 2. The van der Waals surface area contributed by atoms with Crippen LogP contribution in [0.15, 0.2) is 30.3 Å². The van der Waals surface area contributed by atoms with E-state index in [-0.39, 0.29) is 5.91 Å². The van der Waals surface area contributed by atoms with Gasteiger partial charge < -0.3 is 4.90 Å². The number of nitrogens with zero attached hydrogens (tertiary/aromatic N) is 3. The van der Waals surface area contributed by atoms with Gasteiger partial charge in [0, 0.05) is 28.5 Å². The molecule has 0 saturated carbocycles. The minimum absolute atomic E-state index is 0.0183. The van der Waals surface area contributed by atoms with E-state index in [9.17, 15) is 4.79 Å². The highest BCUT2D eigenvalue weighted by Gasteiger charge is 2.43. The van der Waals surface area contributed by atoms with Crippen molar-refractivity contribution in [3.8, 4) is 0 Å². The van der Waals surface area contributed by atoms with Gasteiger partial charge in [-0.25, -0.2) is 9.97 Å². The van der Waals surface area contributed by atoms with Crippen molar-refractivity contribution in [3.63, 3.8) is 0 Å². The van der Waals surface area contributed by atoms with Gasteiger partial charge in [0.25, 0.3) is 5.91 Å². The first-order valence-electron chi connectivity index (χ1n) is 7.80. The van der Waals surface area contributed by atoms with Crippen molar-refractivity contribution in [1.82, 2.24) is 14.9 Å². The third kappa shape index (κ3) is 2.95. The number of carbonyl (C=O) groups excluding carboxylic acids is 1. The molecule has 4 nitrogen and oxygen atoms in total. The number of aryl methyl sites for hydroxylation is 2. The first-order valence-corrected chi connectivity index (χ1v) is 8.18. The average Bonchev–Trinajstić information content (AvgIpc) is 2.89. The summed E-state index contributed by atoms with van der Waals surface area (Å²) in [5, 5.41) is 0.569. The molecule has 5 heteroatoms. The number of hydrogen-bond donors (Lipinski definition) is 0. The Morgan fingerprint density at radius 2 is 1.91 bits per heavy atom. The van der Waals surface area contributed by atoms with E-state index in [4.69, 9.17) is 11.6 Å². The van der Waals surface area contributed by atoms with E-state index < -0.39 is 5.54 Å². The lowest BCUT2D eigenvalue weighted by atomic mass is 9.96. The van der Waals surface area contributed by atoms with Crippen molar-refractivity contribution in [2.75, 3.05) is 6.54 Å². The summed E-state index contributed by atoms with van der Waals surface area (Å²) in [5.41, 5.74) is 1.98. The van der Waals surface area contributed by atoms with Crippen LogP contribution >= 0.6 is 11.6 Å². The van der Waals surface area contributed by atoms with Gasteiger partial charge >= 0.3 is 0 Å². The molecule has 0 radical (unpaired) electrons. The molecule has 1 saturated heterocycles. The Labute approximate surface area is 141 Å². The zero-order valence-electron chi connectivity index (χ0n) is 13.6. The molecular formula is C18H20ClN3O. The number of likely N-dealkylation sites (tertiary alicyclic amines) is 1. The Balaban J connectivity index is 2.00. The van der Waals surface area contributed by atoms with E-state index in [0.717, 1.165) is 30.1 Å². The molecule has 1 fully saturated rings. The number of carbonyl (C=O) groups is 1. The van der Waals surface area contributed by atoms with E-state index >= 15 is 0 Å². The monoisotopic (exact) mass is 329 g/mol. The summed E-state index contributed by atoms with van der Waals surface area (Å²) in [7, 11) is 0. The van der Waals surface area contributed by atoms with Gasteiger partial charge in [0.15, 0.2) is 5.82 Å². The van der Waals surface area contributed by atoms with Gasteiger partial charge in [-0.2, -0.15) is 0 Å². The maximum atomic E-state index is 13.0. The van der Waals surface area contributed by atoms with Gasteiger partial charge in [-0.1, -0.05) is 17.7 Å². The van der Waals surface area contributed by atoms with Crippen LogP contribution in [-0.4, -0.2) is 27.3 Å². The van der Waals surface area contributed by atoms with Crippen molar-refractivity contribution in [2.24, 2.45) is 0 Å². The van der Waals surface area contributed by atoms with E-state index in [1.165, 1.54) is 0 Å². The predicted octanol–water partition coefficient (Wildman–Crippen LogP) is 3.90. The van der Waals surface area contributed by atoms with Gasteiger partial charge in [-0.15, -0.1) is 0 Å². The third-order valence-corrected chi connectivity index (χ3v) is 4.66. The van der Waals surface area contributed by atoms with Crippen LogP contribution in [0.5, 0.6) is 0 Å². The molecule has 0 aliphatic carbocycles. The van der Waals surface area contributed by atoms with Crippen LogP contribution in [0.3, 0.4) is 0 Å². The Kier molecular flexibility index (Phi) is 4.11. The molecule has 1 aliphatic heterocycles. The summed E-state index contributed by atoms with van der Waals surface area (Å²) in [6.45, 7) is 6.67. The zero-order chi connectivity index (χ0) is 16.6. The van der Waals surface area contributed by atoms with Crippen molar-refractivity contribution >= 4 is 17.5 Å². The molecule has 2 heterocycles. The van der Waals surface area contributed by atoms with Crippen LogP contribution in [-0.2, 0) is 5.54 Å². The second kappa shape index (κ2) is 5.93. The van der Waals surface area contributed by atoms with Gasteiger partial charge in [0.05, 0.1) is 0 Å². The molecule has 2 aromatic rings. The minimum atomic E-state index is -0.476. The average molecular weight is 330 g/mol. The van der Waals surface area contributed by atoms with Crippen LogP contribution in [0, 0.1) is 13.8 Å². The Morgan fingerprint density at radius 3 is 2.57 bits per heavy atom. The molecule has 1 aromatic heterocycles. The summed E-state index contributed by atoms with van der Waals surface area (Å²) >= 11 is 6.03. The van der Waals surface area contributed by atoms with Crippen molar-refractivity contribution < 1.29 is 4.79 Å². The number of benzene rings is 1. The van der Waals surface area contributed by atoms with Crippen molar-refractivity contribution in [2.45, 2.75) is 39.2 Å². The van der Waals surface area contributed by atoms with E-state index in [2.05, 4.69) is 16.9 Å². The standard InChI is InChI=1S/C18H20ClN3O/c1-12-10-13(2)21-17(20-12)18(3)8-5-9-22(18)16(23)14-6-4-7-15(19)11-14/h4,6-7,10-11H,5,8-9H2,1-3H3/t18-/m1/s1. The Hall–Kier alpha value is -1.94. The minimum Gasteiger partial charge on any atom is -0.326 e. The number of halogens is 1. The molecule has 0 spiro atoms. The fourth-order valence-electron chi connectivity index (χ4n) is 3.27. The largest absolute Gasteiger partial charge is 0.326 e. The van der Waals surface area contributed by atoms with Crippen LogP contribution in [0.25, 0.3) is 0 Å². The highest BCUT2D eigenvalue weighted by atomic mass is 35.5. The lowest BCUT2D eigenvalue weighted by Gasteiger charge is -2.34. The molecule has 23 heavy (non-hydrogen) atoms. The van der Waals surface area contributed by atoms with Crippen LogP contribution in [0.4, 0.5) is 0 Å². The second-order valence-corrected chi connectivity index (χ2v) is 6.76. The molecule has 1 aliphatic rings. The maximum absolute atomic E-state index is 13.0. The van der Waals surface area contributed by atoms with Gasteiger partial charge in [0.1, 0.15) is 5.54 Å². The first kappa shape index (κ1) is 15.9. The lowest BCUT2D eigenvalue weighted by molar-refractivity contribution is 0.0603. The summed E-state index contributed by atoms with van der Waals surface area (Å²) in [4.78, 5) is 24.1. The fraction of sp³-hybridized carbons (Fsp3) is 0.389. The summed E-state index contributed by atoms with van der Waals surface area (Å²) in [5.74, 6) is 0.707.